The van der Waals surface area contributed by atoms with Crippen LogP contribution in [0.25, 0.3) is 6.08 Å². The first kappa shape index (κ1) is 18.5. The van der Waals surface area contributed by atoms with Crippen LogP contribution in [-0.2, 0) is 11.2 Å². The van der Waals surface area contributed by atoms with Gasteiger partial charge in [-0.05, 0) is 68.5 Å². The third kappa shape index (κ3) is 5.38. The van der Waals surface area contributed by atoms with Crippen molar-refractivity contribution in [3.05, 3.63) is 44.6 Å². The lowest BCUT2D eigenvalue weighted by Gasteiger charge is -2.07. The van der Waals surface area contributed by atoms with E-state index in [1.807, 2.05) is 12.1 Å². The van der Waals surface area contributed by atoms with E-state index in [1.54, 1.807) is 19.4 Å². The lowest BCUT2D eigenvalue weighted by Crippen LogP contribution is -2.22. The summed E-state index contributed by atoms with van der Waals surface area (Å²) >= 11 is 6.87. The number of nitrogens with one attached hydrogen (secondary N) is 2. The zero-order valence-corrected chi connectivity index (χ0v) is 16.3. The molecule has 2 rings (SSSR count). The van der Waals surface area contributed by atoms with Crippen LogP contribution in [0.5, 0.6) is 5.75 Å². The molecule has 0 aliphatic heterocycles. The number of halogens is 2. The number of ether oxygens (including phenoxy) is 1. The highest BCUT2D eigenvalue weighted by molar-refractivity contribution is 9.11. The Hall–Kier alpha value is -1.80. The van der Waals surface area contributed by atoms with Gasteiger partial charge in [0, 0.05) is 18.3 Å². The van der Waals surface area contributed by atoms with Crippen molar-refractivity contribution in [2.24, 2.45) is 0 Å². The van der Waals surface area contributed by atoms with Crippen molar-refractivity contribution in [2.75, 3.05) is 19.4 Å². The maximum atomic E-state index is 11.8. The van der Waals surface area contributed by atoms with Crippen LogP contribution < -0.4 is 15.8 Å². The number of anilines is 1. The summed E-state index contributed by atoms with van der Waals surface area (Å²) in [5.41, 5.74) is 7.36. The molecule has 4 N–H and O–H groups in total. The van der Waals surface area contributed by atoms with Crippen LogP contribution in [-0.4, -0.2) is 29.5 Å². The molecule has 1 heterocycles. The summed E-state index contributed by atoms with van der Waals surface area (Å²) < 4.78 is 6.88. The minimum atomic E-state index is -0.137. The molecule has 6 nitrogen and oxygen atoms in total. The molecule has 0 aliphatic carbocycles. The molecule has 1 amide bonds. The van der Waals surface area contributed by atoms with Gasteiger partial charge in [0.1, 0.15) is 5.75 Å². The predicted octanol–water partition coefficient (Wildman–Crippen LogP) is 3.29. The van der Waals surface area contributed by atoms with Crippen LogP contribution in [0.1, 0.15) is 17.7 Å². The fraction of sp³-hybridized carbons (Fsp3) is 0.250. The number of aryl methyl sites for hydroxylation is 1. The Bertz CT molecular complexity index is 720. The number of H-pyrrole nitrogens is 1. The molecule has 1 aromatic heterocycles. The van der Waals surface area contributed by atoms with Crippen LogP contribution >= 0.6 is 31.9 Å². The number of amides is 1. The van der Waals surface area contributed by atoms with Gasteiger partial charge in [-0.1, -0.05) is 0 Å². The second-order valence-corrected chi connectivity index (χ2v) is 6.75. The predicted molar refractivity (Wildman–Crippen MR) is 102 cm³/mol. The fourth-order valence-electron chi connectivity index (χ4n) is 2.10. The lowest BCUT2D eigenvalue weighted by atomic mass is 10.2. The minimum Gasteiger partial charge on any atom is -0.494 e. The standard InChI is InChI=1S/C16H18Br2N4O2/c1-24-15-12(17)7-10(8-13(15)18)4-5-14(23)20-6-2-3-11-9-21-16(19)22-11/h4-5,7-9H,2-3,6H2,1H3,(H,20,23)(H3,19,21,22). The first-order valence-corrected chi connectivity index (χ1v) is 8.86. The highest BCUT2D eigenvalue weighted by Crippen LogP contribution is 2.34. The second kappa shape index (κ2) is 8.89. The molecule has 2 aromatic rings. The number of nitrogens with two attached hydrogens (primary N) is 1. The molecular weight excluding hydrogens is 440 g/mol. The number of rotatable bonds is 7. The number of aromatic amines is 1. The summed E-state index contributed by atoms with van der Waals surface area (Å²) in [5, 5.41) is 2.84. The molecule has 1 aromatic carbocycles. The van der Waals surface area contributed by atoms with E-state index in [9.17, 15) is 4.79 Å². The average molecular weight is 458 g/mol. The van der Waals surface area contributed by atoms with Gasteiger partial charge < -0.3 is 20.8 Å². The van der Waals surface area contributed by atoms with E-state index in [0.29, 0.717) is 12.5 Å². The molecule has 0 aliphatic rings. The third-order valence-corrected chi connectivity index (χ3v) is 4.40. The molecule has 0 saturated carbocycles. The summed E-state index contributed by atoms with van der Waals surface area (Å²) in [6, 6.07) is 3.77. The molecule has 128 valence electrons. The molecule has 0 spiro atoms. The summed E-state index contributed by atoms with van der Waals surface area (Å²) in [5.74, 6) is 0.993. The molecule has 0 radical (unpaired) electrons. The summed E-state index contributed by atoms with van der Waals surface area (Å²) in [4.78, 5) is 18.7. The van der Waals surface area contributed by atoms with E-state index in [1.165, 1.54) is 6.08 Å². The molecule has 0 bridgehead atoms. The van der Waals surface area contributed by atoms with Gasteiger partial charge in [-0.15, -0.1) is 0 Å². The molecule has 0 atom stereocenters. The molecule has 0 fully saturated rings. The van der Waals surface area contributed by atoms with Crippen molar-refractivity contribution in [2.45, 2.75) is 12.8 Å². The number of carbonyl (C=O) groups is 1. The summed E-state index contributed by atoms with van der Waals surface area (Å²) in [6.45, 7) is 0.581. The van der Waals surface area contributed by atoms with Crippen molar-refractivity contribution in [3.8, 4) is 5.75 Å². The molecule has 0 saturated heterocycles. The van der Waals surface area contributed by atoms with Crippen molar-refractivity contribution >= 4 is 49.8 Å². The number of carbonyl (C=O) groups excluding carboxylic acids is 1. The summed E-state index contributed by atoms with van der Waals surface area (Å²) in [7, 11) is 1.60. The van der Waals surface area contributed by atoms with Gasteiger partial charge >= 0.3 is 0 Å². The molecule has 8 heteroatoms. The van der Waals surface area contributed by atoms with Crippen molar-refractivity contribution < 1.29 is 9.53 Å². The number of aromatic nitrogens is 2. The topological polar surface area (TPSA) is 93.0 Å². The SMILES string of the molecule is COc1c(Br)cc(C=CC(=O)NCCCc2cnc(N)[nH]2)cc1Br. The Morgan fingerprint density at radius 3 is 2.71 bits per heavy atom. The second-order valence-electron chi connectivity index (χ2n) is 5.04. The van der Waals surface area contributed by atoms with Gasteiger partial charge in [-0.25, -0.2) is 4.98 Å². The van der Waals surface area contributed by atoms with E-state index >= 15 is 0 Å². The number of methoxy groups -OCH3 is 1. The third-order valence-electron chi connectivity index (χ3n) is 3.22. The van der Waals surface area contributed by atoms with Crippen molar-refractivity contribution in [1.29, 1.82) is 0 Å². The monoisotopic (exact) mass is 456 g/mol. The van der Waals surface area contributed by atoms with Gasteiger partial charge in [-0.3, -0.25) is 4.79 Å². The maximum absolute atomic E-state index is 11.8. The largest absolute Gasteiger partial charge is 0.494 e. The number of hydrogen-bond acceptors (Lipinski definition) is 4. The highest BCUT2D eigenvalue weighted by Gasteiger charge is 2.06. The van der Waals surface area contributed by atoms with Crippen molar-refractivity contribution in [3.63, 3.8) is 0 Å². The van der Waals surface area contributed by atoms with E-state index in [4.69, 9.17) is 10.5 Å². The number of imidazole rings is 1. The van der Waals surface area contributed by atoms with Crippen LogP contribution in [0.4, 0.5) is 5.95 Å². The summed E-state index contributed by atoms with van der Waals surface area (Å²) in [6.07, 6.45) is 6.55. The van der Waals surface area contributed by atoms with Crippen LogP contribution in [0.3, 0.4) is 0 Å². The number of nitrogens with zero attached hydrogens (tertiary/aromatic N) is 1. The molecule has 24 heavy (non-hydrogen) atoms. The lowest BCUT2D eigenvalue weighted by molar-refractivity contribution is -0.116. The average Bonchev–Trinajstić information content (AvgIpc) is 2.95. The Morgan fingerprint density at radius 2 is 2.12 bits per heavy atom. The minimum absolute atomic E-state index is 0.137. The first-order valence-electron chi connectivity index (χ1n) is 7.28. The Morgan fingerprint density at radius 1 is 1.42 bits per heavy atom. The Balaban J connectivity index is 1.80. The number of hydrogen-bond donors (Lipinski definition) is 3. The Kier molecular flexibility index (Phi) is 6.86. The van der Waals surface area contributed by atoms with Gasteiger partial charge in [0.2, 0.25) is 5.91 Å². The van der Waals surface area contributed by atoms with Crippen LogP contribution in [0, 0.1) is 0 Å². The van der Waals surface area contributed by atoms with Crippen molar-refractivity contribution in [1.82, 2.24) is 15.3 Å². The molecule has 0 unspecified atom stereocenters. The van der Waals surface area contributed by atoms with Gasteiger partial charge in [0.05, 0.1) is 22.3 Å². The molecular formula is C16H18Br2N4O2. The highest BCUT2D eigenvalue weighted by atomic mass is 79.9. The number of nitrogen functional groups attached to an aromatic ring is 1. The van der Waals surface area contributed by atoms with E-state index in [2.05, 4.69) is 47.1 Å². The smallest absolute Gasteiger partial charge is 0.243 e. The van der Waals surface area contributed by atoms with E-state index in [0.717, 1.165) is 38.8 Å². The first-order chi connectivity index (χ1) is 11.5. The quantitative estimate of drug-likeness (QED) is 0.439. The van der Waals surface area contributed by atoms with E-state index < -0.39 is 0 Å². The van der Waals surface area contributed by atoms with Gasteiger partial charge in [0.25, 0.3) is 0 Å². The van der Waals surface area contributed by atoms with E-state index in [-0.39, 0.29) is 5.91 Å². The van der Waals surface area contributed by atoms with Gasteiger partial charge in [0.15, 0.2) is 5.95 Å². The number of benzene rings is 1. The fourth-order valence-corrected chi connectivity index (χ4v) is 3.64. The zero-order chi connectivity index (χ0) is 17.5. The van der Waals surface area contributed by atoms with Crippen LogP contribution in [0.2, 0.25) is 0 Å². The Labute approximate surface area is 157 Å². The van der Waals surface area contributed by atoms with Crippen LogP contribution in [0.15, 0.2) is 33.4 Å². The maximum Gasteiger partial charge on any atom is 0.243 e. The normalized spacial score (nSPS) is 11.0. The zero-order valence-electron chi connectivity index (χ0n) is 13.1. The van der Waals surface area contributed by atoms with Gasteiger partial charge in [-0.2, -0.15) is 0 Å².